The maximum atomic E-state index is 12.0. The van der Waals surface area contributed by atoms with Crippen LogP contribution >= 0.6 is 23.2 Å². The summed E-state index contributed by atoms with van der Waals surface area (Å²) in [5, 5.41) is 0.713. The van der Waals surface area contributed by atoms with Gasteiger partial charge >= 0.3 is 0 Å². The van der Waals surface area contributed by atoms with Crippen LogP contribution in [0.25, 0.3) is 0 Å². The summed E-state index contributed by atoms with van der Waals surface area (Å²) in [6, 6.07) is 6.15. The molecule has 1 aliphatic rings. The van der Waals surface area contributed by atoms with E-state index in [-0.39, 0.29) is 10.3 Å². The van der Waals surface area contributed by atoms with Gasteiger partial charge in [0.05, 0.1) is 4.90 Å². The normalized spacial score (nSPS) is 24.3. The standard InChI is InChI=1S/C12H15Cl2NO2S/c13-10-3-5-12(6-4-10)18(16,17)15-8-9-1-2-11(14)7-9/h3-6,9,11,15H,1-2,7-8H2. The van der Waals surface area contributed by atoms with Crippen LogP contribution in [0.4, 0.5) is 0 Å². The Hall–Kier alpha value is -0.290. The van der Waals surface area contributed by atoms with Crippen molar-refractivity contribution in [1.29, 1.82) is 0 Å². The first-order valence-electron chi connectivity index (χ1n) is 5.86. The van der Waals surface area contributed by atoms with E-state index in [0.717, 1.165) is 19.3 Å². The second kappa shape index (κ2) is 5.78. The van der Waals surface area contributed by atoms with Gasteiger partial charge in [0.1, 0.15) is 0 Å². The highest BCUT2D eigenvalue weighted by atomic mass is 35.5. The third-order valence-electron chi connectivity index (χ3n) is 3.16. The summed E-state index contributed by atoms with van der Waals surface area (Å²) in [6.07, 6.45) is 2.83. The van der Waals surface area contributed by atoms with Gasteiger partial charge in [-0.15, -0.1) is 11.6 Å². The van der Waals surface area contributed by atoms with Crippen LogP contribution in [0.1, 0.15) is 19.3 Å². The Kier molecular flexibility index (Phi) is 4.54. The lowest BCUT2D eigenvalue weighted by Gasteiger charge is -2.11. The average molecular weight is 308 g/mol. The minimum Gasteiger partial charge on any atom is -0.211 e. The van der Waals surface area contributed by atoms with Gasteiger partial charge < -0.3 is 0 Å². The summed E-state index contributed by atoms with van der Waals surface area (Å²) in [5.41, 5.74) is 0. The molecule has 3 nitrogen and oxygen atoms in total. The maximum absolute atomic E-state index is 12.0. The minimum absolute atomic E-state index is 0.190. The van der Waals surface area contributed by atoms with E-state index in [2.05, 4.69) is 4.72 Å². The van der Waals surface area contributed by atoms with E-state index in [1.807, 2.05) is 0 Å². The van der Waals surface area contributed by atoms with Crippen molar-refractivity contribution in [3.63, 3.8) is 0 Å². The summed E-state index contributed by atoms with van der Waals surface area (Å²) in [5.74, 6) is 0.342. The van der Waals surface area contributed by atoms with Crippen molar-refractivity contribution >= 4 is 33.2 Å². The van der Waals surface area contributed by atoms with Crippen molar-refractivity contribution in [3.05, 3.63) is 29.3 Å². The molecular formula is C12H15Cl2NO2S. The minimum atomic E-state index is -3.43. The molecule has 2 unspecified atom stereocenters. The fourth-order valence-electron chi connectivity index (χ4n) is 2.12. The van der Waals surface area contributed by atoms with E-state index in [0.29, 0.717) is 17.5 Å². The van der Waals surface area contributed by atoms with Crippen LogP contribution in [0, 0.1) is 5.92 Å². The van der Waals surface area contributed by atoms with Crippen molar-refractivity contribution in [1.82, 2.24) is 4.72 Å². The highest BCUT2D eigenvalue weighted by Gasteiger charge is 2.24. The van der Waals surface area contributed by atoms with Crippen molar-refractivity contribution < 1.29 is 8.42 Å². The van der Waals surface area contributed by atoms with Crippen LogP contribution in [0.5, 0.6) is 0 Å². The largest absolute Gasteiger partial charge is 0.240 e. The van der Waals surface area contributed by atoms with Gasteiger partial charge in [-0.3, -0.25) is 0 Å². The van der Waals surface area contributed by atoms with Crippen molar-refractivity contribution in [2.45, 2.75) is 29.5 Å². The third kappa shape index (κ3) is 3.60. The predicted octanol–water partition coefficient (Wildman–Crippen LogP) is 3.03. The fraction of sp³-hybridized carbons (Fsp3) is 0.500. The van der Waals surface area contributed by atoms with E-state index in [1.165, 1.54) is 12.1 Å². The molecule has 6 heteroatoms. The Bertz CT molecular complexity index is 501. The molecule has 0 spiro atoms. The van der Waals surface area contributed by atoms with Gasteiger partial charge in [-0.1, -0.05) is 11.6 Å². The van der Waals surface area contributed by atoms with E-state index >= 15 is 0 Å². The number of sulfonamides is 1. The molecule has 100 valence electrons. The molecule has 1 aromatic carbocycles. The monoisotopic (exact) mass is 307 g/mol. The van der Waals surface area contributed by atoms with Gasteiger partial charge in [0.2, 0.25) is 10.0 Å². The second-order valence-corrected chi connectivity index (χ2v) is 7.40. The van der Waals surface area contributed by atoms with Gasteiger partial charge in [0, 0.05) is 16.9 Å². The van der Waals surface area contributed by atoms with Gasteiger partial charge in [-0.05, 0) is 49.4 Å². The molecule has 0 aliphatic heterocycles. The van der Waals surface area contributed by atoms with Crippen LogP contribution in [0.3, 0.4) is 0 Å². The summed E-state index contributed by atoms with van der Waals surface area (Å²) >= 11 is 11.7. The summed E-state index contributed by atoms with van der Waals surface area (Å²) < 4.78 is 26.6. The summed E-state index contributed by atoms with van der Waals surface area (Å²) in [7, 11) is -3.43. The lowest BCUT2D eigenvalue weighted by Crippen LogP contribution is -2.28. The van der Waals surface area contributed by atoms with Crippen molar-refractivity contribution in [2.24, 2.45) is 5.92 Å². The van der Waals surface area contributed by atoms with Crippen LogP contribution < -0.4 is 4.72 Å². The predicted molar refractivity (Wildman–Crippen MR) is 73.6 cm³/mol. The fourth-order valence-corrected chi connectivity index (χ4v) is 3.74. The smallest absolute Gasteiger partial charge is 0.211 e. The third-order valence-corrected chi connectivity index (χ3v) is 5.25. The number of alkyl halides is 1. The molecule has 1 N–H and O–H groups in total. The Morgan fingerprint density at radius 2 is 1.89 bits per heavy atom. The number of hydrogen-bond donors (Lipinski definition) is 1. The van der Waals surface area contributed by atoms with Crippen LogP contribution in [0.15, 0.2) is 29.2 Å². The molecule has 0 bridgehead atoms. The van der Waals surface area contributed by atoms with E-state index in [4.69, 9.17) is 23.2 Å². The number of hydrogen-bond acceptors (Lipinski definition) is 2. The first-order chi connectivity index (χ1) is 8.47. The molecule has 2 rings (SSSR count). The molecule has 1 aromatic rings. The topological polar surface area (TPSA) is 46.2 Å². The average Bonchev–Trinajstić information content (AvgIpc) is 2.73. The van der Waals surface area contributed by atoms with Crippen LogP contribution in [-0.2, 0) is 10.0 Å². The maximum Gasteiger partial charge on any atom is 0.240 e. The first-order valence-corrected chi connectivity index (χ1v) is 8.16. The number of rotatable bonds is 4. The van der Waals surface area contributed by atoms with Crippen molar-refractivity contribution in [2.75, 3.05) is 6.54 Å². The van der Waals surface area contributed by atoms with E-state index in [9.17, 15) is 8.42 Å². The highest BCUT2D eigenvalue weighted by Crippen LogP contribution is 2.29. The molecule has 0 radical (unpaired) electrons. The molecule has 0 saturated heterocycles. The molecule has 1 aliphatic carbocycles. The van der Waals surface area contributed by atoms with Gasteiger partial charge in [-0.2, -0.15) is 0 Å². The molecule has 1 fully saturated rings. The zero-order valence-corrected chi connectivity index (χ0v) is 12.1. The highest BCUT2D eigenvalue weighted by molar-refractivity contribution is 7.89. The molecule has 18 heavy (non-hydrogen) atoms. The summed E-state index contributed by atoms with van der Waals surface area (Å²) in [4.78, 5) is 0.243. The molecule has 0 aromatic heterocycles. The Morgan fingerprint density at radius 3 is 2.44 bits per heavy atom. The van der Waals surface area contributed by atoms with Gasteiger partial charge in [0.25, 0.3) is 0 Å². The molecule has 0 heterocycles. The summed E-state index contributed by atoms with van der Waals surface area (Å²) in [6.45, 7) is 0.453. The van der Waals surface area contributed by atoms with E-state index < -0.39 is 10.0 Å². The number of halogens is 2. The SMILES string of the molecule is O=S(=O)(NCC1CCC(Cl)C1)c1ccc(Cl)cc1. The number of nitrogens with one attached hydrogen (secondary N) is 1. The van der Waals surface area contributed by atoms with E-state index in [1.54, 1.807) is 12.1 Å². The zero-order valence-electron chi connectivity index (χ0n) is 9.77. The Morgan fingerprint density at radius 1 is 1.22 bits per heavy atom. The molecule has 1 saturated carbocycles. The quantitative estimate of drug-likeness (QED) is 0.869. The number of benzene rings is 1. The van der Waals surface area contributed by atoms with Gasteiger partial charge in [0.15, 0.2) is 0 Å². The zero-order chi connectivity index (χ0) is 13.2. The lowest BCUT2D eigenvalue weighted by molar-refractivity contribution is 0.520. The molecule has 0 amide bonds. The Labute approximate surface area is 118 Å². The van der Waals surface area contributed by atoms with Crippen molar-refractivity contribution in [3.8, 4) is 0 Å². The van der Waals surface area contributed by atoms with Crippen LogP contribution in [-0.4, -0.2) is 20.3 Å². The van der Waals surface area contributed by atoms with Crippen LogP contribution in [0.2, 0.25) is 5.02 Å². The Balaban J connectivity index is 1.97. The molecular weight excluding hydrogens is 293 g/mol. The second-order valence-electron chi connectivity index (χ2n) is 4.58. The lowest BCUT2D eigenvalue weighted by atomic mass is 10.1. The van der Waals surface area contributed by atoms with Gasteiger partial charge in [-0.25, -0.2) is 13.1 Å². The molecule has 2 atom stereocenters. The first kappa shape index (κ1) is 14.1.